The molecule has 2 aromatic heterocycles. The normalized spacial score (nSPS) is 13.4. The summed E-state index contributed by atoms with van der Waals surface area (Å²) in [6.07, 6.45) is 5.08. The zero-order valence-corrected chi connectivity index (χ0v) is 20.9. The minimum absolute atomic E-state index is 0.0370. The number of fused-ring (bicyclic) bond motifs is 1. The number of nitrogens with one attached hydrogen (secondary N) is 1. The second-order valence-electron chi connectivity index (χ2n) is 8.88. The number of anilines is 1. The smallest absolute Gasteiger partial charge is 0.260 e. The van der Waals surface area contributed by atoms with Crippen LogP contribution in [0.5, 0.6) is 11.5 Å². The van der Waals surface area contributed by atoms with Gasteiger partial charge in [-0.15, -0.1) is 0 Å². The number of hydrogen-bond acceptors (Lipinski definition) is 5. The fourth-order valence-corrected chi connectivity index (χ4v) is 4.50. The fourth-order valence-electron chi connectivity index (χ4n) is 4.50. The second-order valence-corrected chi connectivity index (χ2v) is 8.88. The van der Waals surface area contributed by atoms with Crippen LogP contribution in [-0.2, 0) is 4.79 Å². The first kappa shape index (κ1) is 24.4. The van der Waals surface area contributed by atoms with Gasteiger partial charge in [-0.25, -0.2) is 4.98 Å². The Balaban J connectivity index is 1.37. The van der Waals surface area contributed by atoms with E-state index in [1.165, 1.54) is 0 Å². The third-order valence-electron chi connectivity index (χ3n) is 6.37. The van der Waals surface area contributed by atoms with Crippen LogP contribution in [0.25, 0.3) is 16.9 Å². The van der Waals surface area contributed by atoms with Crippen molar-refractivity contribution in [3.63, 3.8) is 0 Å². The average Bonchev–Trinajstić information content (AvgIpc) is 3.31. The zero-order chi connectivity index (χ0) is 25.6. The molecule has 1 N–H and O–H groups in total. The first-order valence-electron chi connectivity index (χ1n) is 12.7. The molecule has 4 aromatic rings. The molecule has 2 amide bonds. The lowest BCUT2D eigenvalue weighted by atomic mass is 10.1. The molecule has 0 unspecified atom stereocenters. The van der Waals surface area contributed by atoms with Crippen LogP contribution in [0.2, 0.25) is 0 Å². The quantitative estimate of drug-likeness (QED) is 0.368. The molecule has 8 nitrogen and oxygen atoms in total. The summed E-state index contributed by atoms with van der Waals surface area (Å²) in [7, 11) is 0. The SMILES string of the molecule is CCOc1cc(C(=O)Nc2c(-c3ccccc3)nc3ccccn23)ccc1OCC(=O)N1CCCCC1. The maximum atomic E-state index is 13.4. The lowest BCUT2D eigenvalue weighted by Crippen LogP contribution is -2.38. The Morgan fingerprint density at radius 1 is 0.919 bits per heavy atom. The van der Waals surface area contributed by atoms with Gasteiger partial charge in [-0.1, -0.05) is 36.4 Å². The van der Waals surface area contributed by atoms with Crippen LogP contribution >= 0.6 is 0 Å². The predicted molar refractivity (Wildman–Crippen MR) is 142 cm³/mol. The summed E-state index contributed by atoms with van der Waals surface area (Å²) < 4.78 is 13.4. The molecule has 0 aliphatic carbocycles. The van der Waals surface area contributed by atoms with Crippen LogP contribution in [0.15, 0.2) is 72.9 Å². The maximum Gasteiger partial charge on any atom is 0.260 e. The molecule has 1 fully saturated rings. The Kier molecular flexibility index (Phi) is 7.35. The van der Waals surface area contributed by atoms with Gasteiger partial charge >= 0.3 is 0 Å². The van der Waals surface area contributed by atoms with Crippen molar-refractivity contribution in [1.82, 2.24) is 14.3 Å². The number of nitrogens with zero attached hydrogens (tertiary/aromatic N) is 3. The van der Waals surface area contributed by atoms with Gasteiger partial charge in [0.05, 0.1) is 6.61 Å². The molecule has 3 heterocycles. The first-order valence-corrected chi connectivity index (χ1v) is 12.7. The van der Waals surface area contributed by atoms with Crippen molar-refractivity contribution in [2.45, 2.75) is 26.2 Å². The lowest BCUT2D eigenvalue weighted by Gasteiger charge is -2.26. The van der Waals surface area contributed by atoms with Gasteiger partial charge in [0.2, 0.25) is 0 Å². The van der Waals surface area contributed by atoms with Crippen LogP contribution in [0, 0.1) is 0 Å². The topological polar surface area (TPSA) is 85.2 Å². The molecule has 2 aromatic carbocycles. The van der Waals surface area contributed by atoms with Crippen molar-refractivity contribution in [2.24, 2.45) is 0 Å². The van der Waals surface area contributed by atoms with E-state index < -0.39 is 0 Å². The Morgan fingerprint density at radius 3 is 2.49 bits per heavy atom. The number of rotatable bonds is 8. The minimum atomic E-state index is -0.306. The van der Waals surface area contributed by atoms with Gasteiger partial charge in [0.1, 0.15) is 17.2 Å². The van der Waals surface area contributed by atoms with Gasteiger partial charge in [0, 0.05) is 30.4 Å². The van der Waals surface area contributed by atoms with Crippen molar-refractivity contribution < 1.29 is 19.1 Å². The highest BCUT2D eigenvalue weighted by Gasteiger charge is 2.20. The predicted octanol–water partition coefficient (Wildman–Crippen LogP) is 5.04. The molecule has 1 aliphatic rings. The molecular weight excluding hydrogens is 468 g/mol. The van der Waals surface area contributed by atoms with Crippen molar-refractivity contribution in [2.75, 3.05) is 31.6 Å². The summed E-state index contributed by atoms with van der Waals surface area (Å²) in [4.78, 5) is 32.5. The van der Waals surface area contributed by atoms with E-state index in [0.717, 1.165) is 43.6 Å². The Hall–Kier alpha value is -4.33. The van der Waals surface area contributed by atoms with Gasteiger partial charge < -0.3 is 19.7 Å². The van der Waals surface area contributed by atoms with Crippen molar-refractivity contribution in [3.05, 3.63) is 78.5 Å². The summed E-state index contributed by atoms with van der Waals surface area (Å²) in [5.41, 5.74) is 2.72. The standard InChI is InChI=1S/C29H30N4O4/c1-2-36-24-19-22(14-15-23(24)37-20-26(34)32-16-8-4-9-17-32)29(35)31-28-27(21-11-5-3-6-12-21)30-25-13-7-10-18-33(25)28/h3,5-7,10-15,18-19H,2,4,8-9,16-17,20H2,1H3,(H,31,35). The van der Waals surface area contributed by atoms with Gasteiger partial charge in [-0.3, -0.25) is 14.0 Å². The number of pyridine rings is 1. The summed E-state index contributed by atoms with van der Waals surface area (Å²) in [6.45, 7) is 3.74. The highest BCUT2D eigenvalue weighted by molar-refractivity contribution is 6.06. The number of likely N-dealkylation sites (tertiary alicyclic amines) is 1. The van der Waals surface area contributed by atoms with E-state index in [1.807, 2.05) is 71.0 Å². The maximum absolute atomic E-state index is 13.4. The van der Waals surface area contributed by atoms with E-state index in [4.69, 9.17) is 14.5 Å². The minimum Gasteiger partial charge on any atom is -0.490 e. The molecule has 1 saturated heterocycles. The summed E-state index contributed by atoms with van der Waals surface area (Å²) >= 11 is 0. The van der Waals surface area contributed by atoms with E-state index in [0.29, 0.717) is 35.2 Å². The average molecular weight is 499 g/mol. The number of ether oxygens (including phenoxy) is 2. The number of aromatic nitrogens is 2. The van der Waals surface area contributed by atoms with Crippen LogP contribution in [0.1, 0.15) is 36.5 Å². The number of piperidine rings is 1. The number of carbonyl (C=O) groups excluding carboxylic acids is 2. The third kappa shape index (κ3) is 5.43. The largest absolute Gasteiger partial charge is 0.490 e. The number of imidazole rings is 1. The van der Waals surface area contributed by atoms with Gasteiger partial charge in [-0.2, -0.15) is 0 Å². The summed E-state index contributed by atoms with van der Waals surface area (Å²) in [5, 5.41) is 3.03. The molecule has 0 radical (unpaired) electrons. The Labute approximate surface area is 215 Å². The van der Waals surface area contributed by atoms with Crippen molar-refractivity contribution >= 4 is 23.3 Å². The van der Waals surface area contributed by atoms with Crippen LogP contribution in [-0.4, -0.2) is 52.4 Å². The highest BCUT2D eigenvalue weighted by Crippen LogP contribution is 2.31. The second kappa shape index (κ2) is 11.2. The van der Waals surface area contributed by atoms with E-state index in [1.54, 1.807) is 18.2 Å². The molecule has 0 saturated carbocycles. The van der Waals surface area contributed by atoms with Crippen molar-refractivity contribution in [1.29, 1.82) is 0 Å². The van der Waals surface area contributed by atoms with E-state index in [2.05, 4.69) is 5.32 Å². The van der Waals surface area contributed by atoms with Crippen LogP contribution < -0.4 is 14.8 Å². The molecule has 1 aliphatic heterocycles. The monoisotopic (exact) mass is 498 g/mol. The molecule has 0 spiro atoms. The highest BCUT2D eigenvalue weighted by atomic mass is 16.5. The lowest BCUT2D eigenvalue weighted by molar-refractivity contribution is -0.134. The number of hydrogen-bond donors (Lipinski definition) is 1. The van der Waals surface area contributed by atoms with E-state index >= 15 is 0 Å². The van der Waals surface area contributed by atoms with Gasteiger partial charge in [0.15, 0.2) is 18.1 Å². The van der Waals surface area contributed by atoms with Gasteiger partial charge in [-0.05, 0) is 56.5 Å². The number of carbonyl (C=O) groups is 2. The van der Waals surface area contributed by atoms with E-state index in [-0.39, 0.29) is 18.4 Å². The van der Waals surface area contributed by atoms with Crippen molar-refractivity contribution in [3.8, 4) is 22.8 Å². The fraction of sp³-hybridized carbons (Fsp3) is 0.276. The molecule has 37 heavy (non-hydrogen) atoms. The molecule has 8 heteroatoms. The van der Waals surface area contributed by atoms with Crippen LogP contribution in [0.4, 0.5) is 5.82 Å². The molecule has 5 rings (SSSR count). The molecule has 190 valence electrons. The van der Waals surface area contributed by atoms with Gasteiger partial charge in [0.25, 0.3) is 11.8 Å². The van der Waals surface area contributed by atoms with Crippen LogP contribution in [0.3, 0.4) is 0 Å². The number of benzene rings is 2. The number of amides is 2. The molecule has 0 atom stereocenters. The molecule has 0 bridgehead atoms. The third-order valence-corrected chi connectivity index (χ3v) is 6.37. The summed E-state index contributed by atoms with van der Waals surface area (Å²) in [6, 6.07) is 20.4. The summed E-state index contributed by atoms with van der Waals surface area (Å²) in [5.74, 6) is 1.09. The molecular formula is C29H30N4O4. The zero-order valence-electron chi connectivity index (χ0n) is 20.9. The Morgan fingerprint density at radius 2 is 1.70 bits per heavy atom. The first-order chi connectivity index (χ1) is 18.1. The van der Waals surface area contributed by atoms with E-state index in [9.17, 15) is 9.59 Å². The Bertz CT molecular complexity index is 1390.